The van der Waals surface area contributed by atoms with Crippen LogP contribution in [0.3, 0.4) is 0 Å². The van der Waals surface area contributed by atoms with Gasteiger partial charge in [0.1, 0.15) is 11.0 Å². The molecular weight excluding hydrogens is 205 g/mol. The van der Waals surface area contributed by atoms with E-state index in [0.717, 1.165) is 11.0 Å². The molecule has 7 heteroatoms. The monoisotopic (exact) mass is 214 g/mol. The standard InChI is InChI=1S/C6H5N3.CH3O3P/c1-2-4-6-5(3-1)7-9-8-6;1-4-5(2)3/h1-4H,(H,7,8,9);1H3/p+1. The average molecular weight is 214 g/mol. The third kappa shape index (κ3) is 3.18. The smallest absolute Gasteiger partial charge is 0.197 e. The molecule has 0 spiro atoms. The lowest BCUT2D eigenvalue weighted by Crippen LogP contribution is -1.63. The number of para-hydroxylation sites is 2. The van der Waals surface area contributed by atoms with Crippen molar-refractivity contribution in [2.45, 2.75) is 0 Å². The molecule has 0 aliphatic heterocycles. The largest absolute Gasteiger partial charge is 0.694 e. The quantitative estimate of drug-likeness (QED) is 0.697. The highest BCUT2D eigenvalue weighted by atomic mass is 31.1. The molecule has 1 aromatic heterocycles. The summed E-state index contributed by atoms with van der Waals surface area (Å²) in [5.41, 5.74) is 1.83. The zero-order chi connectivity index (χ0) is 10.4. The molecule has 1 heterocycles. The number of H-pyrrole nitrogens is 1. The Balaban J connectivity index is 0.000000171. The molecule has 0 radical (unpaired) electrons. The Kier molecular flexibility index (Phi) is 4.12. The number of hydrogen-bond donors (Lipinski definition) is 2. The minimum absolute atomic E-state index is 0.914. The van der Waals surface area contributed by atoms with Crippen LogP contribution in [0.25, 0.3) is 11.0 Å². The first kappa shape index (κ1) is 10.7. The van der Waals surface area contributed by atoms with E-state index in [-0.39, 0.29) is 0 Å². The van der Waals surface area contributed by atoms with Crippen LogP contribution >= 0.6 is 8.25 Å². The Bertz CT molecular complexity index is 387. The molecule has 0 bridgehead atoms. The van der Waals surface area contributed by atoms with E-state index in [1.54, 1.807) is 0 Å². The van der Waals surface area contributed by atoms with Gasteiger partial charge in [0.25, 0.3) is 0 Å². The summed E-state index contributed by atoms with van der Waals surface area (Å²) in [6.07, 6.45) is 0. The van der Waals surface area contributed by atoms with Gasteiger partial charge in [0.15, 0.2) is 0 Å². The average Bonchev–Trinajstić information content (AvgIpc) is 2.66. The van der Waals surface area contributed by atoms with Gasteiger partial charge in [-0.15, -0.1) is 9.42 Å². The van der Waals surface area contributed by atoms with E-state index >= 15 is 0 Å². The fourth-order valence-electron chi connectivity index (χ4n) is 0.786. The van der Waals surface area contributed by atoms with Gasteiger partial charge in [-0.05, 0) is 12.1 Å². The minimum Gasteiger partial charge on any atom is -0.197 e. The summed E-state index contributed by atoms with van der Waals surface area (Å²) in [5.74, 6) is 0. The fourth-order valence-corrected chi connectivity index (χ4v) is 0.786. The first-order valence-corrected chi connectivity index (χ1v) is 4.83. The molecule has 0 fully saturated rings. The van der Waals surface area contributed by atoms with E-state index in [1.807, 2.05) is 24.3 Å². The van der Waals surface area contributed by atoms with Gasteiger partial charge >= 0.3 is 8.25 Å². The number of aromatic nitrogens is 3. The SMILES string of the molecule is CO[P+](=O)O.c1ccc2n[nH]nc2c1. The molecule has 2 aromatic rings. The van der Waals surface area contributed by atoms with Crippen LogP contribution in [0.1, 0.15) is 0 Å². The Morgan fingerprint density at radius 1 is 1.36 bits per heavy atom. The number of rotatable bonds is 1. The van der Waals surface area contributed by atoms with Crippen LogP contribution in [-0.2, 0) is 9.09 Å². The second-order valence-corrected chi connectivity index (χ2v) is 3.07. The summed E-state index contributed by atoms with van der Waals surface area (Å²) in [6, 6.07) is 7.70. The van der Waals surface area contributed by atoms with Gasteiger partial charge in [-0.3, -0.25) is 0 Å². The highest BCUT2D eigenvalue weighted by Crippen LogP contribution is 2.09. The highest BCUT2D eigenvalue weighted by molar-refractivity contribution is 7.32. The molecule has 0 saturated heterocycles. The predicted molar refractivity (Wildman–Crippen MR) is 50.7 cm³/mol. The lowest BCUT2D eigenvalue weighted by Gasteiger charge is -1.78. The number of nitrogens with zero attached hydrogens (tertiary/aromatic N) is 2. The van der Waals surface area contributed by atoms with E-state index in [2.05, 4.69) is 19.9 Å². The lowest BCUT2D eigenvalue weighted by atomic mass is 10.3. The van der Waals surface area contributed by atoms with Crippen LogP contribution in [0.4, 0.5) is 0 Å². The topological polar surface area (TPSA) is 88.1 Å². The number of benzene rings is 1. The highest BCUT2D eigenvalue weighted by Gasteiger charge is 2.02. The second-order valence-electron chi connectivity index (χ2n) is 2.23. The maximum atomic E-state index is 9.29. The van der Waals surface area contributed by atoms with Crippen molar-refractivity contribution in [2.24, 2.45) is 0 Å². The molecule has 0 amide bonds. The number of fused-ring (bicyclic) bond motifs is 1. The van der Waals surface area contributed by atoms with Crippen molar-refractivity contribution in [1.29, 1.82) is 0 Å². The third-order valence-corrected chi connectivity index (χ3v) is 1.69. The molecule has 2 N–H and O–H groups in total. The molecule has 0 saturated carbocycles. The van der Waals surface area contributed by atoms with Crippen LogP contribution in [0, 0.1) is 0 Å². The van der Waals surface area contributed by atoms with Gasteiger partial charge in [-0.1, -0.05) is 12.1 Å². The summed E-state index contributed by atoms with van der Waals surface area (Å²) < 4.78 is 13.1. The van der Waals surface area contributed by atoms with Crippen molar-refractivity contribution < 1.29 is 14.0 Å². The number of aromatic amines is 1. The van der Waals surface area contributed by atoms with Crippen molar-refractivity contribution in [2.75, 3.05) is 7.11 Å². The maximum absolute atomic E-state index is 9.29. The Hall–Kier alpha value is -1.36. The summed E-state index contributed by atoms with van der Waals surface area (Å²) in [5, 5.41) is 10.3. The normalized spacial score (nSPS) is 10.6. The van der Waals surface area contributed by atoms with Crippen molar-refractivity contribution in [3.63, 3.8) is 0 Å². The first-order chi connectivity index (χ1) is 6.74. The first-order valence-electron chi connectivity index (χ1n) is 3.70. The molecule has 2 rings (SSSR count). The van der Waals surface area contributed by atoms with Gasteiger partial charge in [-0.2, -0.15) is 15.4 Å². The molecule has 6 nitrogen and oxygen atoms in total. The van der Waals surface area contributed by atoms with Gasteiger partial charge in [-0.25, -0.2) is 0 Å². The van der Waals surface area contributed by atoms with Crippen LogP contribution in [0.2, 0.25) is 0 Å². The van der Waals surface area contributed by atoms with Crippen molar-refractivity contribution in [3.05, 3.63) is 24.3 Å². The van der Waals surface area contributed by atoms with Crippen LogP contribution in [-0.4, -0.2) is 27.4 Å². The summed E-state index contributed by atoms with van der Waals surface area (Å²) in [4.78, 5) is 7.65. The molecular formula is C7H9N3O3P+. The Labute approximate surface area is 80.9 Å². The van der Waals surface area contributed by atoms with Gasteiger partial charge < -0.3 is 0 Å². The van der Waals surface area contributed by atoms with E-state index in [1.165, 1.54) is 7.11 Å². The van der Waals surface area contributed by atoms with Gasteiger partial charge in [0, 0.05) is 4.57 Å². The van der Waals surface area contributed by atoms with Crippen LogP contribution in [0.5, 0.6) is 0 Å². The molecule has 1 aromatic carbocycles. The van der Waals surface area contributed by atoms with Crippen molar-refractivity contribution in [3.8, 4) is 0 Å². The zero-order valence-corrected chi connectivity index (χ0v) is 8.31. The zero-order valence-electron chi connectivity index (χ0n) is 7.41. The van der Waals surface area contributed by atoms with E-state index in [0.29, 0.717) is 0 Å². The Morgan fingerprint density at radius 3 is 2.14 bits per heavy atom. The van der Waals surface area contributed by atoms with Gasteiger partial charge in [0.2, 0.25) is 0 Å². The summed E-state index contributed by atoms with van der Waals surface area (Å²) >= 11 is 0. The third-order valence-electron chi connectivity index (χ3n) is 1.38. The molecule has 74 valence electrons. The predicted octanol–water partition coefficient (Wildman–Crippen LogP) is 1.24. The van der Waals surface area contributed by atoms with Crippen molar-refractivity contribution >= 4 is 19.3 Å². The van der Waals surface area contributed by atoms with Crippen LogP contribution in [0.15, 0.2) is 24.3 Å². The molecule has 0 aliphatic rings. The molecule has 0 aliphatic carbocycles. The van der Waals surface area contributed by atoms with E-state index < -0.39 is 8.25 Å². The summed E-state index contributed by atoms with van der Waals surface area (Å²) in [7, 11) is -1.18. The molecule has 1 unspecified atom stereocenters. The fraction of sp³-hybridized carbons (Fsp3) is 0.143. The van der Waals surface area contributed by atoms with Crippen molar-refractivity contribution in [1.82, 2.24) is 15.4 Å². The number of hydrogen-bond acceptors (Lipinski definition) is 4. The van der Waals surface area contributed by atoms with Gasteiger partial charge in [0.05, 0.1) is 7.11 Å². The second kappa shape index (κ2) is 5.39. The molecule has 14 heavy (non-hydrogen) atoms. The van der Waals surface area contributed by atoms with E-state index in [4.69, 9.17) is 4.89 Å². The minimum atomic E-state index is -2.35. The van der Waals surface area contributed by atoms with E-state index in [9.17, 15) is 4.57 Å². The molecule has 1 atom stereocenters. The lowest BCUT2D eigenvalue weighted by molar-refractivity contribution is 0.343. The van der Waals surface area contributed by atoms with Crippen LogP contribution < -0.4 is 0 Å². The maximum Gasteiger partial charge on any atom is 0.694 e. The number of nitrogens with one attached hydrogen (secondary N) is 1. The Morgan fingerprint density at radius 2 is 1.79 bits per heavy atom. The summed E-state index contributed by atoms with van der Waals surface area (Å²) in [6.45, 7) is 0.